The van der Waals surface area contributed by atoms with Crippen LogP contribution < -0.4 is 16.0 Å². The van der Waals surface area contributed by atoms with Gasteiger partial charge in [-0.05, 0) is 92.5 Å². The molecule has 1 heterocycles. The number of benzene rings is 1. The van der Waals surface area contributed by atoms with Crippen molar-refractivity contribution in [2.24, 2.45) is 17.8 Å². The second-order valence-corrected chi connectivity index (χ2v) is 11.6. The summed E-state index contributed by atoms with van der Waals surface area (Å²) in [4.78, 5) is 27.1. The number of ether oxygens (including phenoxy) is 1. The maximum Gasteiger partial charge on any atom is 0.401 e. The van der Waals surface area contributed by atoms with E-state index in [1.807, 2.05) is 13.8 Å². The second kappa shape index (κ2) is 12.9. The lowest BCUT2D eigenvalue weighted by molar-refractivity contribution is -0.124. The third-order valence-corrected chi connectivity index (χ3v) is 7.77. The highest BCUT2D eigenvalue weighted by Gasteiger charge is 2.48. The van der Waals surface area contributed by atoms with E-state index in [-0.39, 0.29) is 30.8 Å². The summed E-state index contributed by atoms with van der Waals surface area (Å²) in [7, 11) is 1.46. The van der Waals surface area contributed by atoms with Crippen LogP contribution in [0, 0.1) is 23.6 Å². The zero-order valence-corrected chi connectivity index (χ0v) is 23.9. The lowest BCUT2D eigenvalue weighted by Gasteiger charge is -2.28. The fraction of sp³-hybridized carbons (Fsp3) is 0.621. The summed E-state index contributed by atoms with van der Waals surface area (Å²) >= 11 is 0. The van der Waals surface area contributed by atoms with Crippen molar-refractivity contribution in [1.82, 2.24) is 20.4 Å². The number of hydrogen-bond donors (Lipinski definition) is 3. The second-order valence-electron chi connectivity index (χ2n) is 11.6. The molecular weight excluding hydrogens is 542 g/mol. The van der Waals surface area contributed by atoms with E-state index in [4.69, 9.17) is 4.74 Å². The van der Waals surface area contributed by atoms with Gasteiger partial charge in [-0.2, -0.15) is 18.3 Å². The molecule has 2 aliphatic rings. The van der Waals surface area contributed by atoms with Gasteiger partial charge < -0.3 is 20.7 Å². The van der Waals surface area contributed by atoms with Crippen molar-refractivity contribution in [2.45, 2.75) is 77.2 Å². The molecule has 1 unspecified atom stereocenters. The number of hydrogen-bond acceptors (Lipinski definition) is 5. The van der Waals surface area contributed by atoms with Crippen molar-refractivity contribution in [1.29, 1.82) is 0 Å². The van der Waals surface area contributed by atoms with Crippen LogP contribution in [0.4, 0.5) is 23.2 Å². The standard InChI is InChI=1S/C29H39F4N5O3/c1-16(2)38-24(9-10-35-38)27(39)37-26(25(18-5-6-18)19-7-8-19)28(40)36-23-11-20(14-41-4)21(12-22(23)30)17(3)13-34-15-29(31,32)33/h9-12,16-19,25-26,34H,5-8,13-15H2,1-4H3,(H,36,40)(H,37,39)/t17?,26-/m0/s1. The number of carbonyl (C=O) groups excluding carboxylic acids is 2. The predicted molar refractivity (Wildman–Crippen MR) is 146 cm³/mol. The molecule has 0 spiro atoms. The molecule has 2 aromatic rings. The van der Waals surface area contributed by atoms with E-state index in [1.165, 1.54) is 25.4 Å². The van der Waals surface area contributed by atoms with Crippen molar-refractivity contribution in [3.8, 4) is 0 Å². The molecule has 2 saturated carbocycles. The van der Waals surface area contributed by atoms with Crippen LogP contribution in [0.15, 0.2) is 24.4 Å². The highest BCUT2D eigenvalue weighted by molar-refractivity contribution is 6.01. The molecule has 2 amide bonds. The third kappa shape index (κ3) is 8.06. The van der Waals surface area contributed by atoms with Crippen molar-refractivity contribution in [3.63, 3.8) is 0 Å². The number of nitrogens with zero attached hydrogens (tertiary/aromatic N) is 2. The minimum absolute atomic E-state index is 0.0209. The normalized spacial score (nSPS) is 17.1. The lowest BCUT2D eigenvalue weighted by atomic mass is 9.88. The first kappa shape index (κ1) is 31.0. The summed E-state index contributed by atoms with van der Waals surface area (Å²) < 4.78 is 60.0. The van der Waals surface area contributed by atoms with Crippen molar-refractivity contribution >= 4 is 17.5 Å². The van der Waals surface area contributed by atoms with Gasteiger partial charge in [-0.1, -0.05) is 6.92 Å². The third-order valence-electron chi connectivity index (χ3n) is 7.77. The summed E-state index contributed by atoms with van der Waals surface area (Å²) in [5, 5.41) is 12.2. The van der Waals surface area contributed by atoms with Crippen LogP contribution in [-0.4, -0.2) is 54.0 Å². The van der Waals surface area contributed by atoms with E-state index in [1.54, 1.807) is 17.7 Å². The van der Waals surface area contributed by atoms with Crippen molar-refractivity contribution in [2.75, 3.05) is 25.5 Å². The molecule has 3 N–H and O–H groups in total. The SMILES string of the molecule is COCc1cc(NC(=O)[C@@H](NC(=O)c2ccnn2C(C)C)C(C2CC2)C2CC2)c(F)cc1C(C)CNCC(F)(F)F. The summed E-state index contributed by atoms with van der Waals surface area (Å²) in [6.45, 7) is 4.41. The Morgan fingerprint density at radius 2 is 1.78 bits per heavy atom. The molecule has 2 aliphatic carbocycles. The van der Waals surface area contributed by atoms with Crippen LogP contribution in [0.5, 0.6) is 0 Å². The zero-order chi connectivity index (χ0) is 29.9. The van der Waals surface area contributed by atoms with Crippen LogP contribution >= 0.6 is 0 Å². The number of alkyl halides is 3. The van der Waals surface area contributed by atoms with Crippen LogP contribution in [0.25, 0.3) is 0 Å². The number of carbonyl (C=O) groups is 2. The van der Waals surface area contributed by atoms with Crippen LogP contribution in [0.1, 0.15) is 80.0 Å². The molecule has 1 aromatic carbocycles. The van der Waals surface area contributed by atoms with Gasteiger partial charge in [-0.25, -0.2) is 4.39 Å². The first-order valence-electron chi connectivity index (χ1n) is 14.1. The Balaban J connectivity index is 1.56. The molecule has 1 aromatic heterocycles. The number of rotatable bonds is 14. The zero-order valence-electron chi connectivity index (χ0n) is 23.9. The van der Waals surface area contributed by atoms with Crippen LogP contribution in [-0.2, 0) is 16.1 Å². The molecule has 226 valence electrons. The van der Waals surface area contributed by atoms with E-state index in [2.05, 4.69) is 21.0 Å². The van der Waals surface area contributed by atoms with E-state index in [0.29, 0.717) is 28.7 Å². The quantitative estimate of drug-likeness (QED) is 0.267. The van der Waals surface area contributed by atoms with E-state index < -0.39 is 42.3 Å². The van der Waals surface area contributed by atoms with Gasteiger partial charge in [0.05, 0.1) is 18.8 Å². The molecule has 0 radical (unpaired) electrons. The average Bonchev–Trinajstić information content (AvgIpc) is 3.84. The number of methoxy groups -OCH3 is 1. The number of anilines is 1. The minimum atomic E-state index is -4.35. The van der Waals surface area contributed by atoms with Gasteiger partial charge in [0.15, 0.2) is 0 Å². The lowest BCUT2D eigenvalue weighted by Crippen LogP contribution is -2.50. The molecule has 0 aliphatic heterocycles. The van der Waals surface area contributed by atoms with Gasteiger partial charge in [0.25, 0.3) is 5.91 Å². The van der Waals surface area contributed by atoms with Gasteiger partial charge in [-0.3, -0.25) is 14.3 Å². The van der Waals surface area contributed by atoms with Crippen molar-refractivity contribution in [3.05, 3.63) is 47.0 Å². The molecular formula is C29H39F4N5O3. The molecule has 2 fully saturated rings. The first-order valence-corrected chi connectivity index (χ1v) is 14.1. The predicted octanol–water partition coefficient (Wildman–Crippen LogP) is 5.18. The maximum absolute atomic E-state index is 15.4. The Bertz CT molecular complexity index is 1210. The number of amides is 2. The van der Waals surface area contributed by atoms with Crippen molar-refractivity contribution < 1.29 is 31.9 Å². The van der Waals surface area contributed by atoms with Gasteiger partial charge in [0.2, 0.25) is 5.91 Å². The molecule has 12 heteroatoms. The fourth-order valence-electron chi connectivity index (χ4n) is 5.57. The van der Waals surface area contributed by atoms with E-state index in [9.17, 15) is 22.8 Å². The molecule has 0 saturated heterocycles. The summed E-state index contributed by atoms with van der Waals surface area (Å²) in [6.07, 6.45) is 1.10. The molecule has 8 nitrogen and oxygen atoms in total. The Hall–Kier alpha value is -2.99. The average molecular weight is 582 g/mol. The molecule has 4 rings (SSSR count). The van der Waals surface area contributed by atoms with Crippen LogP contribution in [0.3, 0.4) is 0 Å². The summed E-state index contributed by atoms with van der Waals surface area (Å²) in [5.74, 6) is -1.52. The largest absolute Gasteiger partial charge is 0.401 e. The molecule has 41 heavy (non-hydrogen) atoms. The highest BCUT2D eigenvalue weighted by Crippen LogP contribution is 2.51. The number of nitrogens with one attached hydrogen (secondary N) is 3. The van der Waals surface area contributed by atoms with Crippen LogP contribution in [0.2, 0.25) is 0 Å². The Labute approximate surface area is 237 Å². The maximum atomic E-state index is 15.4. The summed E-state index contributed by atoms with van der Waals surface area (Å²) in [6, 6.07) is 3.38. The monoisotopic (exact) mass is 581 g/mol. The Morgan fingerprint density at radius 1 is 1.12 bits per heavy atom. The first-order chi connectivity index (χ1) is 19.4. The smallest absolute Gasteiger partial charge is 0.380 e. The topological polar surface area (TPSA) is 97.3 Å². The Kier molecular flexibility index (Phi) is 9.73. The van der Waals surface area contributed by atoms with E-state index >= 15 is 4.39 Å². The Morgan fingerprint density at radius 3 is 2.34 bits per heavy atom. The number of aromatic nitrogens is 2. The summed E-state index contributed by atoms with van der Waals surface area (Å²) in [5.41, 5.74) is 1.30. The van der Waals surface area contributed by atoms with Gasteiger partial charge >= 0.3 is 6.18 Å². The molecule has 2 atom stereocenters. The number of halogens is 4. The minimum Gasteiger partial charge on any atom is -0.380 e. The highest BCUT2D eigenvalue weighted by atomic mass is 19.4. The van der Waals surface area contributed by atoms with Gasteiger partial charge in [0, 0.05) is 25.9 Å². The van der Waals surface area contributed by atoms with Gasteiger partial charge in [-0.15, -0.1) is 0 Å². The van der Waals surface area contributed by atoms with E-state index in [0.717, 1.165) is 25.7 Å². The van der Waals surface area contributed by atoms with Gasteiger partial charge in [0.1, 0.15) is 17.6 Å². The fourth-order valence-corrected chi connectivity index (χ4v) is 5.57. The molecule has 0 bridgehead atoms.